The molecule has 0 atom stereocenters. The minimum absolute atomic E-state index is 0.169. The number of fused-ring (bicyclic) bond motifs is 1. The average Bonchev–Trinajstić information content (AvgIpc) is 3.36. The number of hydrogen-bond donors (Lipinski definition) is 1. The van der Waals surface area contributed by atoms with Crippen molar-refractivity contribution in [1.29, 1.82) is 0 Å². The van der Waals surface area contributed by atoms with Crippen LogP contribution in [0.5, 0.6) is 5.75 Å². The maximum absolute atomic E-state index is 12.6. The molecule has 3 heterocycles. The molecule has 3 aromatic heterocycles. The second kappa shape index (κ2) is 7.33. The molecule has 7 heteroatoms. The van der Waals surface area contributed by atoms with Gasteiger partial charge in [0.15, 0.2) is 5.65 Å². The van der Waals surface area contributed by atoms with Crippen LogP contribution in [0, 0.1) is 0 Å². The van der Waals surface area contributed by atoms with E-state index in [1.807, 2.05) is 40.8 Å². The summed E-state index contributed by atoms with van der Waals surface area (Å²) >= 11 is 0. The van der Waals surface area contributed by atoms with E-state index in [1.165, 1.54) is 0 Å². The number of rotatable bonds is 6. The van der Waals surface area contributed by atoms with Gasteiger partial charge in [-0.25, -0.2) is 0 Å². The number of carbonyl (C=O) groups is 1. The molecule has 0 aliphatic carbocycles. The summed E-state index contributed by atoms with van der Waals surface area (Å²) in [6.45, 7) is 0.412. The van der Waals surface area contributed by atoms with Crippen molar-refractivity contribution in [3.05, 3.63) is 83.7 Å². The number of pyridine rings is 1. The van der Waals surface area contributed by atoms with Gasteiger partial charge in [-0.15, -0.1) is 10.2 Å². The topological polar surface area (TPSA) is 81.7 Å². The number of nitrogens with one attached hydrogen (secondary N) is 1. The molecule has 1 aromatic carbocycles. The Morgan fingerprint density at radius 2 is 2.11 bits per heavy atom. The Hall–Kier alpha value is -3.61. The quantitative estimate of drug-likeness (QED) is 0.570. The fraction of sp³-hybridized carbons (Fsp3) is 0.150. The maximum Gasteiger partial charge on any atom is 0.253 e. The SMILES string of the molecule is COc1cccc(CNC(=O)c2ccc3nnc(Cc4ccco4)n3c2)c1. The number of nitrogens with zero attached hydrogens (tertiary/aromatic N) is 3. The maximum atomic E-state index is 12.6. The van der Waals surface area contributed by atoms with Gasteiger partial charge in [-0.2, -0.15) is 0 Å². The summed E-state index contributed by atoms with van der Waals surface area (Å²) in [5, 5.41) is 11.2. The minimum Gasteiger partial charge on any atom is -0.497 e. The number of benzene rings is 1. The van der Waals surface area contributed by atoms with Crippen molar-refractivity contribution in [2.45, 2.75) is 13.0 Å². The van der Waals surface area contributed by atoms with Crippen molar-refractivity contribution in [1.82, 2.24) is 19.9 Å². The van der Waals surface area contributed by atoms with E-state index < -0.39 is 0 Å². The lowest BCUT2D eigenvalue weighted by Gasteiger charge is -2.08. The van der Waals surface area contributed by atoms with Gasteiger partial charge in [-0.1, -0.05) is 12.1 Å². The molecule has 1 amide bonds. The Bertz CT molecular complexity index is 1070. The van der Waals surface area contributed by atoms with E-state index >= 15 is 0 Å². The highest BCUT2D eigenvalue weighted by molar-refractivity contribution is 5.94. The van der Waals surface area contributed by atoms with E-state index in [-0.39, 0.29) is 5.91 Å². The Morgan fingerprint density at radius 1 is 1.19 bits per heavy atom. The number of ether oxygens (including phenoxy) is 1. The highest BCUT2D eigenvalue weighted by Crippen LogP contribution is 2.14. The van der Waals surface area contributed by atoms with E-state index in [4.69, 9.17) is 9.15 Å². The predicted molar refractivity (Wildman–Crippen MR) is 98.7 cm³/mol. The molecule has 4 aromatic rings. The Labute approximate surface area is 155 Å². The monoisotopic (exact) mass is 362 g/mol. The Balaban J connectivity index is 1.51. The number of hydrogen-bond acceptors (Lipinski definition) is 5. The molecule has 7 nitrogen and oxygen atoms in total. The average molecular weight is 362 g/mol. The van der Waals surface area contributed by atoms with Crippen molar-refractivity contribution in [3.8, 4) is 5.75 Å². The van der Waals surface area contributed by atoms with Gasteiger partial charge in [-0.3, -0.25) is 9.20 Å². The summed E-state index contributed by atoms with van der Waals surface area (Å²) in [6, 6.07) is 14.8. The second-order valence-corrected chi connectivity index (χ2v) is 6.05. The zero-order valence-corrected chi connectivity index (χ0v) is 14.8. The molecule has 27 heavy (non-hydrogen) atoms. The van der Waals surface area contributed by atoms with E-state index in [9.17, 15) is 4.79 Å². The summed E-state index contributed by atoms with van der Waals surface area (Å²) < 4.78 is 12.4. The highest BCUT2D eigenvalue weighted by atomic mass is 16.5. The van der Waals surface area contributed by atoms with Crippen molar-refractivity contribution in [3.63, 3.8) is 0 Å². The molecule has 0 saturated carbocycles. The molecule has 0 saturated heterocycles. The fourth-order valence-electron chi connectivity index (χ4n) is 2.83. The van der Waals surface area contributed by atoms with Crippen molar-refractivity contribution in [2.75, 3.05) is 7.11 Å². The number of aromatic nitrogens is 3. The van der Waals surface area contributed by atoms with Gasteiger partial charge < -0.3 is 14.5 Å². The van der Waals surface area contributed by atoms with Crippen molar-refractivity contribution in [2.24, 2.45) is 0 Å². The van der Waals surface area contributed by atoms with Gasteiger partial charge in [0.2, 0.25) is 0 Å². The third-order valence-corrected chi connectivity index (χ3v) is 4.23. The first-order valence-electron chi connectivity index (χ1n) is 8.50. The summed E-state index contributed by atoms with van der Waals surface area (Å²) in [7, 11) is 1.62. The van der Waals surface area contributed by atoms with E-state index in [0.29, 0.717) is 30.0 Å². The molecule has 136 valence electrons. The Morgan fingerprint density at radius 3 is 2.93 bits per heavy atom. The lowest BCUT2D eigenvalue weighted by Crippen LogP contribution is -2.23. The number of amides is 1. The van der Waals surface area contributed by atoms with Crippen LogP contribution >= 0.6 is 0 Å². The third-order valence-electron chi connectivity index (χ3n) is 4.23. The Kier molecular flexibility index (Phi) is 4.57. The lowest BCUT2D eigenvalue weighted by molar-refractivity contribution is 0.0950. The largest absolute Gasteiger partial charge is 0.497 e. The van der Waals surface area contributed by atoms with Crippen molar-refractivity contribution < 1.29 is 13.9 Å². The lowest BCUT2D eigenvalue weighted by atomic mass is 10.2. The van der Waals surface area contributed by atoms with Crippen LogP contribution in [0.15, 0.2) is 65.4 Å². The zero-order valence-electron chi connectivity index (χ0n) is 14.8. The summed E-state index contributed by atoms with van der Waals surface area (Å²) in [5.74, 6) is 2.09. The molecule has 0 radical (unpaired) electrons. The molecule has 0 aliphatic rings. The molecule has 1 N–H and O–H groups in total. The van der Waals surface area contributed by atoms with E-state index in [1.54, 1.807) is 31.7 Å². The van der Waals surface area contributed by atoms with Gasteiger partial charge in [0.1, 0.15) is 17.3 Å². The van der Waals surface area contributed by atoms with Crippen LogP contribution in [0.2, 0.25) is 0 Å². The first-order valence-corrected chi connectivity index (χ1v) is 8.50. The number of carbonyl (C=O) groups excluding carboxylic acids is 1. The van der Waals surface area contributed by atoms with Crippen LogP contribution in [-0.4, -0.2) is 27.6 Å². The number of furan rings is 1. The fourth-order valence-corrected chi connectivity index (χ4v) is 2.83. The van der Waals surface area contributed by atoms with Crippen LogP contribution in [-0.2, 0) is 13.0 Å². The van der Waals surface area contributed by atoms with E-state index in [0.717, 1.165) is 17.1 Å². The molecular formula is C20H18N4O3. The standard InChI is InChI=1S/C20H18N4O3/c1-26-16-5-2-4-14(10-16)12-21-20(25)15-7-8-18-22-23-19(24(18)13-15)11-17-6-3-9-27-17/h2-10,13H,11-12H2,1H3,(H,21,25). The van der Waals surface area contributed by atoms with E-state index in [2.05, 4.69) is 15.5 Å². The highest BCUT2D eigenvalue weighted by Gasteiger charge is 2.12. The molecule has 4 rings (SSSR count). The summed E-state index contributed by atoms with van der Waals surface area (Å²) in [6.07, 6.45) is 3.87. The predicted octanol–water partition coefficient (Wildman–Crippen LogP) is 2.85. The zero-order chi connectivity index (χ0) is 18.6. The molecule has 0 spiro atoms. The van der Waals surface area contributed by atoms with Gasteiger partial charge in [-0.05, 0) is 42.0 Å². The normalized spacial score (nSPS) is 10.9. The van der Waals surface area contributed by atoms with Crippen LogP contribution in [0.4, 0.5) is 0 Å². The van der Waals surface area contributed by atoms with Gasteiger partial charge in [0, 0.05) is 12.7 Å². The molecule has 0 unspecified atom stereocenters. The van der Waals surface area contributed by atoms with Crippen molar-refractivity contribution >= 4 is 11.6 Å². The molecule has 0 bridgehead atoms. The van der Waals surface area contributed by atoms with Gasteiger partial charge in [0.05, 0.1) is 25.4 Å². The second-order valence-electron chi connectivity index (χ2n) is 6.05. The van der Waals surface area contributed by atoms with Crippen LogP contribution in [0.25, 0.3) is 5.65 Å². The summed E-state index contributed by atoms with van der Waals surface area (Å²) in [5.41, 5.74) is 2.18. The number of methoxy groups -OCH3 is 1. The van der Waals surface area contributed by atoms with Crippen LogP contribution in [0.3, 0.4) is 0 Å². The molecule has 0 aliphatic heterocycles. The molecular weight excluding hydrogens is 344 g/mol. The summed E-state index contributed by atoms with van der Waals surface area (Å²) in [4.78, 5) is 12.6. The van der Waals surface area contributed by atoms with Gasteiger partial charge in [0.25, 0.3) is 5.91 Å². The third kappa shape index (κ3) is 3.67. The molecule has 0 fully saturated rings. The minimum atomic E-state index is -0.169. The first kappa shape index (κ1) is 16.8. The smallest absolute Gasteiger partial charge is 0.253 e. The first-order chi connectivity index (χ1) is 13.2. The van der Waals surface area contributed by atoms with Gasteiger partial charge >= 0.3 is 0 Å². The van der Waals surface area contributed by atoms with Crippen LogP contribution in [0.1, 0.15) is 27.5 Å². The van der Waals surface area contributed by atoms with Crippen LogP contribution < -0.4 is 10.1 Å².